The van der Waals surface area contributed by atoms with Gasteiger partial charge >= 0.3 is 5.97 Å². The highest BCUT2D eigenvalue weighted by molar-refractivity contribution is 5.69. The number of hydrogen-bond acceptors (Lipinski definition) is 14. The van der Waals surface area contributed by atoms with Crippen LogP contribution in [0.15, 0.2) is 12.2 Å². The molecule has 7 N–H and O–H groups in total. The SMILES string of the molecule is CCCCCCCCC/C=C\CCCCCCCC(=O)OC(COCCCCCCCCCCCCCCCCC)COC1OC(COC2OC(CO)C(O)C(O)C2O)C(O)C(O)C1O. The first-order valence-electron chi connectivity index (χ1n) is 26.3. The van der Waals surface area contributed by atoms with Crippen molar-refractivity contribution in [1.82, 2.24) is 0 Å². The fourth-order valence-electron chi connectivity index (χ4n) is 8.46. The molecule has 14 heteroatoms. The predicted octanol–water partition coefficient (Wildman–Crippen LogP) is 7.85. The molecular weight excluding hydrogens is 837 g/mol. The zero-order valence-electron chi connectivity index (χ0n) is 40.7. The Morgan fingerprint density at radius 1 is 0.492 bits per heavy atom. The highest BCUT2D eigenvalue weighted by Crippen LogP contribution is 2.26. The highest BCUT2D eigenvalue weighted by atomic mass is 16.7. The fourth-order valence-corrected chi connectivity index (χ4v) is 8.46. The van der Waals surface area contributed by atoms with Crippen LogP contribution in [0, 0.1) is 0 Å². The number of hydrogen-bond donors (Lipinski definition) is 7. The lowest BCUT2D eigenvalue weighted by Crippen LogP contribution is -2.61. The van der Waals surface area contributed by atoms with E-state index in [-0.39, 0.29) is 25.6 Å². The molecule has 2 saturated heterocycles. The lowest BCUT2D eigenvalue weighted by molar-refractivity contribution is -0.332. The molecule has 0 spiro atoms. The zero-order chi connectivity index (χ0) is 47.3. The molecule has 0 aliphatic carbocycles. The van der Waals surface area contributed by atoms with Crippen LogP contribution < -0.4 is 0 Å². The smallest absolute Gasteiger partial charge is 0.306 e. The van der Waals surface area contributed by atoms with Crippen LogP contribution in [0.25, 0.3) is 0 Å². The van der Waals surface area contributed by atoms with Crippen molar-refractivity contribution in [2.24, 2.45) is 0 Å². The molecular formula is C51H96O14. The molecule has 0 aromatic rings. The third kappa shape index (κ3) is 27.5. The molecule has 2 aliphatic rings. The maximum atomic E-state index is 13.0. The number of carbonyl (C=O) groups excluding carboxylic acids is 1. The Morgan fingerprint density at radius 2 is 0.908 bits per heavy atom. The van der Waals surface area contributed by atoms with Gasteiger partial charge in [-0.2, -0.15) is 0 Å². The summed E-state index contributed by atoms with van der Waals surface area (Å²) in [6.45, 7) is 3.71. The first-order valence-corrected chi connectivity index (χ1v) is 26.3. The minimum absolute atomic E-state index is 0.0640. The average molecular weight is 933 g/mol. The van der Waals surface area contributed by atoms with Crippen molar-refractivity contribution in [3.63, 3.8) is 0 Å². The van der Waals surface area contributed by atoms with Gasteiger partial charge in [0.05, 0.1) is 26.4 Å². The van der Waals surface area contributed by atoms with Crippen molar-refractivity contribution >= 4 is 5.97 Å². The van der Waals surface area contributed by atoms with Crippen LogP contribution in [0.1, 0.15) is 206 Å². The maximum Gasteiger partial charge on any atom is 0.306 e. The Labute approximate surface area is 393 Å². The highest BCUT2D eigenvalue weighted by Gasteiger charge is 2.47. The van der Waals surface area contributed by atoms with E-state index in [1.54, 1.807) is 0 Å². The number of ether oxygens (including phenoxy) is 6. The Hall–Kier alpha value is -1.27. The summed E-state index contributed by atoms with van der Waals surface area (Å²) in [7, 11) is 0. The Balaban J connectivity index is 1.76. The second-order valence-corrected chi connectivity index (χ2v) is 18.7. The lowest BCUT2D eigenvalue weighted by atomic mass is 9.98. The number of rotatable bonds is 42. The van der Waals surface area contributed by atoms with Crippen molar-refractivity contribution < 1.29 is 69.0 Å². The molecule has 0 saturated carbocycles. The molecule has 0 bridgehead atoms. The average Bonchev–Trinajstić information content (AvgIpc) is 3.30. The molecule has 2 heterocycles. The van der Waals surface area contributed by atoms with E-state index in [0.717, 1.165) is 57.8 Å². The van der Waals surface area contributed by atoms with Gasteiger partial charge in [-0.15, -0.1) is 0 Å². The van der Waals surface area contributed by atoms with Crippen LogP contribution in [0.3, 0.4) is 0 Å². The summed E-state index contributed by atoms with van der Waals surface area (Å²) in [5.41, 5.74) is 0. The molecule has 0 aromatic heterocycles. The van der Waals surface area contributed by atoms with E-state index in [0.29, 0.717) is 13.0 Å². The van der Waals surface area contributed by atoms with Crippen molar-refractivity contribution in [3.8, 4) is 0 Å². The Morgan fingerprint density at radius 3 is 1.40 bits per heavy atom. The van der Waals surface area contributed by atoms with Crippen LogP contribution in [-0.4, -0.2) is 142 Å². The van der Waals surface area contributed by atoms with Crippen LogP contribution >= 0.6 is 0 Å². The third-order valence-corrected chi connectivity index (χ3v) is 12.8. The molecule has 0 aromatic carbocycles. The molecule has 65 heavy (non-hydrogen) atoms. The van der Waals surface area contributed by atoms with Crippen LogP contribution in [-0.2, 0) is 33.2 Å². The summed E-state index contributed by atoms with van der Waals surface area (Å²) in [5.74, 6) is -0.381. The first-order chi connectivity index (χ1) is 31.6. The quantitative estimate of drug-likeness (QED) is 0.0176. The van der Waals surface area contributed by atoms with Gasteiger partial charge in [0.1, 0.15) is 54.9 Å². The summed E-state index contributed by atoms with van der Waals surface area (Å²) >= 11 is 0. The van der Waals surface area contributed by atoms with Crippen molar-refractivity contribution in [2.45, 2.75) is 274 Å². The third-order valence-electron chi connectivity index (χ3n) is 12.8. The van der Waals surface area contributed by atoms with Gasteiger partial charge in [-0.25, -0.2) is 0 Å². The summed E-state index contributed by atoms with van der Waals surface area (Å²) in [4.78, 5) is 13.0. The summed E-state index contributed by atoms with van der Waals surface area (Å²) < 4.78 is 34.3. The maximum absolute atomic E-state index is 13.0. The van der Waals surface area contributed by atoms with Gasteiger partial charge in [-0.3, -0.25) is 4.79 Å². The number of unbranched alkanes of at least 4 members (excludes halogenated alkanes) is 26. The summed E-state index contributed by atoms with van der Waals surface area (Å²) in [6, 6.07) is 0. The molecule has 2 rings (SSSR count). The largest absolute Gasteiger partial charge is 0.457 e. The second-order valence-electron chi connectivity index (χ2n) is 18.7. The van der Waals surface area contributed by atoms with Gasteiger partial charge in [-0.05, 0) is 38.5 Å². The van der Waals surface area contributed by atoms with Crippen LogP contribution in [0.4, 0.5) is 0 Å². The molecule has 0 amide bonds. The van der Waals surface area contributed by atoms with E-state index in [2.05, 4.69) is 26.0 Å². The molecule has 0 radical (unpaired) electrons. The van der Waals surface area contributed by atoms with E-state index < -0.39 is 80.7 Å². The molecule has 384 valence electrons. The van der Waals surface area contributed by atoms with Crippen molar-refractivity contribution in [3.05, 3.63) is 12.2 Å². The minimum Gasteiger partial charge on any atom is -0.457 e. The Bertz CT molecular complexity index is 1130. The van der Waals surface area contributed by atoms with Gasteiger partial charge in [0.2, 0.25) is 0 Å². The molecule has 11 unspecified atom stereocenters. The first kappa shape index (κ1) is 59.9. The van der Waals surface area contributed by atoms with E-state index in [4.69, 9.17) is 28.4 Å². The van der Waals surface area contributed by atoms with Crippen LogP contribution in [0.5, 0.6) is 0 Å². The van der Waals surface area contributed by atoms with E-state index in [1.807, 2.05) is 0 Å². The van der Waals surface area contributed by atoms with Gasteiger partial charge in [0.15, 0.2) is 12.6 Å². The second kappa shape index (κ2) is 39.6. The topological polar surface area (TPSA) is 214 Å². The van der Waals surface area contributed by atoms with Crippen LogP contribution in [0.2, 0.25) is 0 Å². The van der Waals surface area contributed by atoms with Crippen molar-refractivity contribution in [1.29, 1.82) is 0 Å². The molecule has 14 nitrogen and oxygen atoms in total. The van der Waals surface area contributed by atoms with Gasteiger partial charge in [0.25, 0.3) is 0 Å². The number of aliphatic hydroxyl groups is 7. The Kier molecular flexibility index (Phi) is 36.4. The van der Waals surface area contributed by atoms with Gasteiger partial charge in [-0.1, -0.05) is 174 Å². The molecule has 2 aliphatic heterocycles. The minimum atomic E-state index is -1.70. The predicted molar refractivity (Wildman–Crippen MR) is 252 cm³/mol. The van der Waals surface area contributed by atoms with E-state index >= 15 is 0 Å². The summed E-state index contributed by atoms with van der Waals surface area (Å²) in [5, 5.41) is 72.1. The molecule has 2 fully saturated rings. The van der Waals surface area contributed by atoms with Gasteiger partial charge < -0.3 is 64.2 Å². The lowest BCUT2D eigenvalue weighted by Gasteiger charge is -2.42. The normalized spacial score (nSPS) is 26.5. The number of carbonyl (C=O) groups is 1. The monoisotopic (exact) mass is 933 g/mol. The zero-order valence-corrected chi connectivity index (χ0v) is 40.7. The van der Waals surface area contributed by atoms with E-state index in [9.17, 15) is 40.5 Å². The summed E-state index contributed by atoms with van der Waals surface area (Å²) in [6.07, 6.45) is 24.1. The van der Waals surface area contributed by atoms with E-state index in [1.165, 1.54) is 122 Å². The number of esters is 1. The van der Waals surface area contributed by atoms with Crippen molar-refractivity contribution in [2.75, 3.05) is 33.0 Å². The fraction of sp³-hybridized carbons (Fsp3) is 0.941. The number of aliphatic hydroxyl groups excluding tert-OH is 7. The molecule has 11 atom stereocenters. The number of allylic oxidation sites excluding steroid dienone is 2. The van der Waals surface area contributed by atoms with Gasteiger partial charge in [0, 0.05) is 13.0 Å². The standard InChI is InChI=1S/C51H96O14/c1-3-5-7-9-11-13-15-17-19-20-22-24-26-28-30-32-34-43(53)63-40(37-60-35-33-31-29-27-25-23-21-18-16-14-12-10-8-6-4-2)38-61-50-49(59)47(57)45(55)42(65-50)39-62-51-48(58)46(56)44(54)41(36-52)64-51/h19-20,40-42,44-52,54-59H,3-18,21-39H2,1-2H3/b20-19-.